The number of hydrogen-bond acceptors (Lipinski definition) is 1. The quantitative estimate of drug-likeness (QED) is 0.838. The molecule has 1 saturated heterocycles. The van der Waals surface area contributed by atoms with Gasteiger partial charge in [0.25, 0.3) is 0 Å². The molecule has 0 atom stereocenters. The summed E-state index contributed by atoms with van der Waals surface area (Å²) in [6, 6.07) is 2.94. The minimum absolute atomic E-state index is 0.163. The molecule has 0 amide bonds. The van der Waals surface area contributed by atoms with Gasteiger partial charge >= 0.3 is 6.18 Å². The normalized spacial score (nSPS) is 34.9. The van der Waals surface area contributed by atoms with Gasteiger partial charge in [-0.1, -0.05) is 6.07 Å². The molecule has 1 heterocycles. The maximum absolute atomic E-state index is 13.9. The number of benzene rings is 1. The smallest absolute Gasteiger partial charge is 0.316 e. The van der Waals surface area contributed by atoms with Gasteiger partial charge < -0.3 is 5.32 Å². The van der Waals surface area contributed by atoms with Crippen molar-refractivity contribution < 1.29 is 17.6 Å². The Morgan fingerprint density at radius 2 is 1.81 bits per heavy atom. The molecule has 5 rings (SSSR count). The van der Waals surface area contributed by atoms with Crippen molar-refractivity contribution in [3.8, 4) is 0 Å². The summed E-state index contributed by atoms with van der Waals surface area (Å²) in [6.07, 6.45) is -0.539. The molecular weight excluding hydrogens is 282 g/mol. The summed E-state index contributed by atoms with van der Waals surface area (Å²) in [5.41, 5.74) is 0.158. The van der Waals surface area contributed by atoms with E-state index >= 15 is 0 Å². The van der Waals surface area contributed by atoms with Crippen LogP contribution in [0.3, 0.4) is 0 Å². The molecule has 114 valence electrons. The molecule has 0 radical (unpaired) electrons. The lowest BCUT2D eigenvalue weighted by Crippen LogP contribution is -2.70. The maximum Gasteiger partial charge on any atom is 0.416 e. The number of rotatable bonds is 3. The molecule has 0 unspecified atom stereocenters. The van der Waals surface area contributed by atoms with Gasteiger partial charge in [-0.05, 0) is 73.2 Å². The van der Waals surface area contributed by atoms with Crippen LogP contribution in [0.1, 0.15) is 30.4 Å². The molecule has 3 saturated carbocycles. The molecule has 3 aliphatic carbocycles. The van der Waals surface area contributed by atoms with Gasteiger partial charge in [0.15, 0.2) is 0 Å². The SMILES string of the molecule is Fc1cc(C(F)(F)F)ccc1CC12CC(C3CNC3)(C1)C2. The predicted octanol–water partition coefficient (Wildman–Crippen LogP) is 3.78. The fourth-order valence-electron chi connectivity index (χ4n) is 4.70. The summed E-state index contributed by atoms with van der Waals surface area (Å²) in [7, 11) is 0. The Morgan fingerprint density at radius 1 is 1.14 bits per heavy atom. The van der Waals surface area contributed by atoms with Crippen LogP contribution in [-0.4, -0.2) is 13.1 Å². The van der Waals surface area contributed by atoms with Gasteiger partial charge in [-0.15, -0.1) is 0 Å². The third kappa shape index (κ3) is 1.93. The number of halogens is 4. The molecule has 1 N–H and O–H groups in total. The topological polar surface area (TPSA) is 12.0 Å². The summed E-state index contributed by atoms with van der Waals surface area (Å²) >= 11 is 0. The Labute approximate surface area is 120 Å². The fraction of sp³-hybridized carbons (Fsp3) is 0.625. The molecule has 0 aromatic heterocycles. The van der Waals surface area contributed by atoms with Crippen molar-refractivity contribution in [1.82, 2.24) is 5.32 Å². The highest BCUT2D eigenvalue weighted by Gasteiger charge is 2.70. The lowest BCUT2D eigenvalue weighted by atomic mass is 9.30. The first-order chi connectivity index (χ1) is 9.82. The lowest BCUT2D eigenvalue weighted by molar-refractivity contribution is -0.243. The van der Waals surface area contributed by atoms with E-state index in [4.69, 9.17) is 0 Å². The van der Waals surface area contributed by atoms with Crippen LogP contribution in [0.15, 0.2) is 18.2 Å². The van der Waals surface area contributed by atoms with Crippen molar-refractivity contribution in [2.45, 2.75) is 31.9 Å². The van der Waals surface area contributed by atoms with Crippen LogP contribution in [0, 0.1) is 22.6 Å². The third-order valence-corrected chi connectivity index (χ3v) is 5.77. The summed E-state index contributed by atoms with van der Waals surface area (Å²) in [4.78, 5) is 0. The van der Waals surface area contributed by atoms with E-state index in [1.165, 1.54) is 6.07 Å². The Hall–Kier alpha value is -1.10. The maximum atomic E-state index is 13.9. The lowest BCUT2D eigenvalue weighted by Gasteiger charge is -2.75. The van der Waals surface area contributed by atoms with E-state index in [0.29, 0.717) is 23.5 Å². The number of nitrogens with one attached hydrogen (secondary N) is 1. The molecule has 1 aromatic carbocycles. The van der Waals surface area contributed by atoms with E-state index in [2.05, 4.69) is 5.32 Å². The minimum atomic E-state index is -4.48. The average molecular weight is 299 g/mol. The summed E-state index contributed by atoms with van der Waals surface area (Å²) in [6.45, 7) is 2.18. The molecule has 21 heavy (non-hydrogen) atoms. The number of hydrogen-bond donors (Lipinski definition) is 1. The van der Waals surface area contributed by atoms with E-state index < -0.39 is 17.6 Å². The zero-order chi connectivity index (χ0) is 14.9. The van der Waals surface area contributed by atoms with Gasteiger partial charge in [0.05, 0.1) is 5.56 Å². The largest absolute Gasteiger partial charge is 0.416 e. The fourth-order valence-corrected chi connectivity index (χ4v) is 4.70. The van der Waals surface area contributed by atoms with E-state index in [-0.39, 0.29) is 5.41 Å². The first-order valence-electron chi connectivity index (χ1n) is 7.38. The van der Waals surface area contributed by atoms with Gasteiger partial charge in [0, 0.05) is 0 Å². The molecule has 4 aliphatic rings. The van der Waals surface area contributed by atoms with Gasteiger partial charge in [0.2, 0.25) is 0 Å². The zero-order valence-electron chi connectivity index (χ0n) is 11.6. The van der Waals surface area contributed by atoms with E-state index in [9.17, 15) is 17.6 Å². The summed E-state index contributed by atoms with van der Waals surface area (Å²) in [5, 5.41) is 3.29. The van der Waals surface area contributed by atoms with Crippen LogP contribution in [0.2, 0.25) is 0 Å². The standard InChI is InChI=1S/C16H17F4N/c17-13-3-11(16(18,19)20)2-1-10(13)4-14-7-15(8-14,9-14)12-5-21-6-12/h1-3,12,21H,4-9H2. The summed E-state index contributed by atoms with van der Waals surface area (Å²) < 4.78 is 51.5. The van der Waals surface area contributed by atoms with Crippen molar-refractivity contribution in [2.75, 3.05) is 13.1 Å². The molecule has 4 fully saturated rings. The number of alkyl halides is 3. The molecule has 5 heteroatoms. The first kappa shape index (κ1) is 13.6. The molecule has 1 nitrogen and oxygen atoms in total. The van der Waals surface area contributed by atoms with E-state index in [1.807, 2.05) is 0 Å². The Kier molecular flexibility index (Phi) is 2.58. The van der Waals surface area contributed by atoms with Gasteiger partial charge in [-0.25, -0.2) is 4.39 Å². The Morgan fingerprint density at radius 3 is 2.29 bits per heavy atom. The monoisotopic (exact) mass is 299 g/mol. The highest BCUT2D eigenvalue weighted by Crippen LogP contribution is 2.77. The van der Waals surface area contributed by atoms with Gasteiger partial charge in [0.1, 0.15) is 5.82 Å². The Balaban J connectivity index is 1.45. The molecule has 1 aliphatic heterocycles. The molecular formula is C16H17F4N. The van der Waals surface area contributed by atoms with E-state index in [0.717, 1.165) is 44.3 Å². The van der Waals surface area contributed by atoms with Crippen molar-refractivity contribution >= 4 is 0 Å². The highest BCUT2D eigenvalue weighted by molar-refractivity contribution is 5.31. The van der Waals surface area contributed by atoms with Crippen LogP contribution in [-0.2, 0) is 12.6 Å². The minimum Gasteiger partial charge on any atom is -0.316 e. The third-order valence-electron chi connectivity index (χ3n) is 5.77. The second-order valence-electron chi connectivity index (χ2n) is 7.23. The molecule has 0 spiro atoms. The second kappa shape index (κ2) is 4.00. The van der Waals surface area contributed by atoms with E-state index in [1.54, 1.807) is 0 Å². The van der Waals surface area contributed by atoms with Crippen molar-refractivity contribution in [3.63, 3.8) is 0 Å². The van der Waals surface area contributed by atoms with Crippen molar-refractivity contribution in [2.24, 2.45) is 16.7 Å². The van der Waals surface area contributed by atoms with Crippen LogP contribution in [0.5, 0.6) is 0 Å². The zero-order valence-corrected chi connectivity index (χ0v) is 11.6. The first-order valence-corrected chi connectivity index (χ1v) is 7.38. The van der Waals surface area contributed by atoms with Crippen LogP contribution < -0.4 is 5.32 Å². The van der Waals surface area contributed by atoms with Crippen molar-refractivity contribution in [3.05, 3.63) is 35.1 Å². The van der Waals surface area contributed by atoms with Gasteiger partial charge in [-0.3, -0.25) is 0 Å². The Bertz CT molecular complexity index is 569. The second-order valence-corrected chi connectivity index (χ2v) is 7.23. The highest BCUT2D eigenvalue weighted by atomic mass is 19.4. The molecule has 1 aromatic rings. The molecule has 2 bridgehead atoms. The van der Waals surface area contributed by atoms with Crippen LogP contribution >= 0.6 is 0 Å². The van der Waals surface area contributed by atoms with Crippen LogP contribution in [0.4, 0.5) is 17.6 Å². The average Bonchev–Trinajstić information content (AvgIpc) is 2.22. The predicted molar refractivity (Wildman–Crippen MR) is 70.2 cm³/mol. The van der Waals surface area contributed by atoms with Gasteiger partial charge in [-0.2, -0.15) is 13.2 Å². The summed E-state index contributed by atoms with van der Waals surface area (Å²) in [5.74, 6) is 0.0470. The van der Waals surface area contributed by atoms with Crippen molar-refractivity contribution in [1.29, 1.82) is 0 Å². The van der Waals surface area contributed by atoms with Crippen LogP contribution in [0.25, 0.3) is 0 Å².